The van der Waals surface area contributed by atoms with Gasteiger partial charge in [0.25, 0.3) is 0 Å². The first-order valence-electron chi connectivity index (χ1n) is 9.04. The standard InChI is InChI=1S/C21H16FN3O3/c1-11(26)18-16-17(19-15-5-3-2-4-12(15)10-23-25(18)19)21(28)24(20(16)27)14-8-6-13(22)7-9-14/h2-10,16-19H,1H3/t16-,17+,18-,19-/m0/s1. The van der Waals surface area contributed by atoms with Crippen molar-refractivity contribution >= 4 is 29.5 Å². The maximum Gasteiger partial charge on any atom is 0.240 e. The van der Waals surface area contributed by atoms with Gasteiger partial charge >= 0.3 is 0 Å². The van der Waals surface area contributed by atoms with Crippen molar-refractivity contribution in [1.29, 1.82) is 0 Å². The number of anilines is 1. The highest BCUT2D eigenvalue weighted by atomic mass is 19.1. The molecule has 3 aliphatic heterocycles. The average molecular weight is 377 g/mol. The summed E-state index contributed by atoms with van der Waals surface area (Å²) in [4.78, 5) is 40.1. The molecule has 2 aromatic rings. The van der Waals surface area contributed by atoms with Crippen LogP contribution in [0.1, 0.15) is 24.1 Å². The summed E-state index contributed by atoms with van der Waals surface area (Å²) in [6, 6.07) is 11.5. The monoisotopic (exact) mass is 377 g/mol. The number of fused-ring (bicyclic) bond motifs is 5. The summed E-state index contributed by atoms with van der Waals surface area (Å²) in [6.07, 6.45) is 1.66. The Bertz CT molecular complexity index is 1050. The second-order valence-electron chi connectivity index (χ2n) is 7.29. The summed E-state index contributed by atoms with van der Waals surface area (Å²) in [7, 11) is 0. The van der Waals surface area contributed by atoms with Gasteiger partial charge in [0.1, 0.15) is 11.9 Å². The molecule has 2 saturated heterocycles. The Labute approximate surface area is 160 Å². The summed E-state index contributed by atoms with van der Waals surface area (Å²) in [5, 5.41) is 6.02. The van der Waals surface area contributed by atoms with E-state index in [-0.39, 0.29) is 11.7 Å². The van der Waals surface area contributed by atoms with Gasteiger partial charge in [-0.15, -0.1) is 0 Å². The van der Waals surface area contributed by atoms with E-state index in [0.717, 1.165) is 16.0 Å². The molecular formula is C21H16FN3O3. The smallest absolute Gasteiger partial charge is 0.240 e. The first-order chi connectivity index (χ1) is 13.5. The third kappa shape index (κ3) is 2.13. The molecule has 3 aliphatic rings. The highest BCUT2D eigenvalue weighted by molar-refractivity contribution is 6.24. The summed E-state index contributed by atoms with van der Waals surface area (Å²) >= 11 is 0. The van der Waals surface area contributed by atoms with Crippen molar-refractivity contribution in [3.8, 4) is 0 Å². The average Bonchev–Trinajstić information content (AvgIpc) is 3.16. The number of hydrazone groups is 1. The van der Waals surface area contributed by atoms with E-state index in [1.165, 1.54) is 31.2 Å². The summed E-state index contributed by atoms with van der Waals surface area (Å²) in [5.41, 5.74) is 2.05. The number of Topliss-reactive ketones (excluding diaryl/α,β-unsaturated/α-hetero) is 1. The lowest BCUT2D eigenvalue weighted by Gasteiger charge is -2.33. The van der Waals surface area contributed by atoms with E-state index >= 15 is 0 Å². The molecule has 7 heteroatoms. The molecule has 2 aromatic carbocycles. The van der Waals surface area contributed by atoms with Gasteiger partial charge in [-0.1, -0.05) is 24.3 Å². The first kappa shape index (κ1) is 16.8. The number of hydrogen-bond acceptors (Lipinski definition) is 5. The minimum absolute atomic E-state index is 0.212. The molecule has 0 bridgehead atoms. The normalized spacial score (nSPS) is 27.6. The Morgan fingerprint density at radius 2 is 1.68 bits per heavy atom. The Balaban J connectivity index is 1.65. The van der Waals surface area contributed by atoms with Crippen LogP contribution < -0.4 is 4.90 Å². The van der Waals surface area contributed by atoms with Crippen LogP contribution in [0.15, 0.2) is 53.6 Å². The molecule has 28 heavy (non-hydrogen) atoms. The molecule has 5 rings (SSSR count). The van der Waals surface area contributed by atoms with Gasteiger partial charge in [0.2, 0.25) is 11.8 Å². The number of carbonyl (C=O) groups excluding carboxylic acids is 3. The van der Waals surface area contributed by atoms with Gasteiger partial charge in [-0.2, -0.15) is 5.10 Å². The Hall–Kier alpha value is -3.35. The number of hydrogen-bond donors (Lipinski definition) is 0. The maximum atomic E-state index is 13.3. The molecule has 4 atom stereocenters. The van der Waals surface area contributed by atoms with Gasteiger partial charge in [-0.05, 0) is 42.3 Å². The van der Waals surface area contributed by atoms with E-state index in [1.807, 2.05) is 24.3 Å². The van der Waals surface area contributed by atoms with Crippen LogP contribution in [0.5, 0.6) is 0 Å². The molecule has 140 valence electrons. The highest BCUT2D eigenvalue weighted by Gasteiger charge is 2.64. The highest BCUT2D eigenvalue weighted by Crippen LogP contribution is 2.52. The molecule has 2 amide bonds. The number of amides is 2. The van der Waals surface area contributed by atoms with Crippen LogP contribution in [0.3, 0.4) is 0 Å². The molecule has 0 aromatic heterocycles. The van der Waals surface area contributed by atoms with E-state index in [9.17, 15) is 18.8 Å². The first-order valence-corrected chi connectivity index (χ1v) is 9.04. The van der Waals surface area contributed by atoms with Crippen molar-refractivity contribution in [2.45, 2.75) is 19.0 Å². The summed E-state index contributed by atoms with van der Waals surface area (Å²) < 4.78 is 13.3. The predicted molar refractivity (Wildman–Crippen MR) is 99.0 cm³/mol. The van der Waals surface area contributed by atoms with Crippen LogP contribution in [0.2, 0.25) is 0 Å². The molecule has 0 saturated carbocycles. The van der Waals surface area contributed by atoms with Gasteiger partial charge in [-0.25, -0.2) is 9.29 Å². The van der Waals surface area contributed by atoms with E-state index in [1.54, 1.807) is 11.2 Å². The van der Waals surface area contributed by atoms with Gasteiger partial charge in [0.05, 0.1) is 29.8 Å². The lowest BCUT2D eigenvalue weighted by Crippen LogP contribution is -2.43. The van der Waals surface area contributed by atoms with Gasteiger partial charge < -0.3 is 0 Å². The molecular weight excluding hydrogens is 361 g/mol. The van der Waals surface area contributed by atoms with E-state index in [2.05, 4.69) is 5.10 Å². The number of nitrogens with zero attached hydrogens (tertiary/aromatic N) is 3. The number of halogens is 1. The Morgan fingerprint density at radius 1 is 1.00 bits per heavy atom. The second kappa shape index (κ2) is 5.82. The maximum absolute atomic E-state index is 13.3. The second-order valence-corrected chi connectivity index (χ2v) is 7.29. The lowest BCUT2D eigenvalue weighted by molar-refractivity contribution is -0.129. The molecule has 0 unspecified atom stereocenters. The fraction of sp³-hybridized carbons (Fsp3) is 0.238. The number of benzene rings is 2. The minimum Gasteiger partial charge on any atom is -0.298 e. The Kier molecular flexibility index (Phi) is 3.49. The molecule has 2 fully saturated rings. The topological polar surface area (TPSA) is 70.0 Å². The molecule has 0 aliphatic carbocycles. The van der Waals surface area contributed by atoms with Crippen molar-refractivity contribution in [2.75, 3.05) is 4.90 Å². The fourth-order valence-corrected chi connectivity index (χ4v) is 4.67. The van der Waals surface area contributed by atoms with Crippen molar-refractivity contribution in [2.24, 2.45) is 16.9 Å². The van der Waals surface area contributed by atoms with Crippen LogP contribution in [-0.4, -0.2) is 34.9 Å². The van der Waals surface area contributed by atoms with E-state index in [4.69, 9.17) is 0 Å². The predicted octanol–water partition coefficient (Wildman–Crippen LogP) is 2.29. The van der Waals surface area contributed by atoms with Crippen LogP contribution in [0, 0.1) is 17.7 Å². The van der Waals surface area contributed by atoms with Gasteiger partial charge in [-0.3, -0.25) is 19.4 Å². The van der Waals surface area contributed by atoms with Gasteiger partial charge in [0.15, 0.2) is 5.78 Å². The molecule has 6 nitrogen and oxygen atoms in total. The lowest BCUT2D eigenvalue weighted by atomic mass is 9.84. The number of ketones is 1. The molecule has 0 spiro atoms. The fourth-order valence-electron chi connectivity index (χ4n) is 4.67. The SMILES string of the molecule is CC(=O)[C@H]1[C@H]2C(=O)N(c3ccc(F)cc3)C(=O)[C@H]2[C@@H]2c3ccccc3C=NN12. The van der Waals surface area contributed by atoms with Crippen molar-refractivity contribution in [3.05, 3.63) is 65.5 Å². The minimum atomic E-state index is -0.816. The van der Waals surface area contributed by atoms with Gasteiger partial charge in [0, 0.05) is 0 Å². The largest absolute Gasteiger partial charge is 0.298 e. The molecule has 0 radical (unpaired) electrons. The molecule has 0 N–H and O–H groups in total. The Morgan fingerprint density at radius 3 is 2.39 bits per heavy atom. The third-order valence-electron chi connectivity index (χ3n) is 5.79. The van der Waals surface area contributed by atoms with Crippen molar-refractivity contribution < 1.29 is 18.8 Å². The van der Waals surface area contributed by atoms with Crippen LogP contribution in [0.4, 0.5) is 10.1 Å². The van der Waals surface area contributed by atoms with Crippen LogP contribution >= 0.6 is 0 Å². The summed E-state index contributed by atoms with van der Waals surface area (Å²) in [5.74, 6) is -3.02. The zero-order chi connectivity index (χ0) is 19.6. The van der Waals surface area contributed by atoms with E-state index in [0.29, 0.717) is 5.69 Å². The van der Waals surface area contributed by atoms with Crippen molar-refractivity contribution in [3.63, 3.8) is 0 Å². The van der Waals surface area contributed by atoms with Crippen LogP contribution in [0.25, 0.3) is 0 Å². The third-order valence-corrected chi connectivity index (χ3v) is 5.79. The van der Waals surface area contributed by atoms with E-state index < -0.39 is 35.6 Å². The summed E-state index contributed by atoms with van der Waals surface area (Å²) in [6.45, 7) is 1.42. The zero-order valence-corrected chi connectivity index (χ0v) is 14.9. The zero-order valence-electron chi connectivity index (χ0n) is 14.9. The van der Waals surface area contributed by atoms with Crippen LogP contribution in [-0.2, 0) is 14.4 Å². The van der Waals surface area contributed by atoms with Crippen molar-refractivity contribution in [1.82, 2.24) is 5.01 Å². The molecule has 3 heterocycles. The number of carbonyl (C=O) groups is 3. The number of imide groups is 1. The number of rotatable bonds is 2. The quantitative estimate of drug-likeness (QED) is 0.753.